The van der Waals surface area contributed by atoms with E-state index in [0.29, 0.717) is 0 Å². The number of rotatable bonds is 1. The molecule has 1 radical (unpaired) electrons. The number of carboxylic acid groups (broad SMARTS) is 1. The first kappa shape index (κ1) is 36.0. The average molecular weight is 384 g/mol. The molecule has 16 heavy (non-hydrogen) atoms. The number of ketones is 1. The first-order valence-electron chi connectivity index (χ1n) is 4.28. The van der Waals surface area contributed by atoms with Gasteiger partial charge in [-0.05, 0) is 13.8 Å². The molecule has 0 aromatic heterocycles. The second-order valence-corrected chi connectivity index (χ2v) is 2.90. The van der Waals surface area contributed by atoms with Gasteiger partial charge < -0.3 is 16.8 Å². The van der Waals surface area contributed by atoms with Gasteiger partial charge in [-0.3, -0.25) is 4.79 Å². The van der Waals surface area contributed by atoms with E-state index >= 15 is 0 Å². The molecule has 0 heterocycles. The molecule has 3 nitrogen and oxygen atoms in total. The molecule has 0 atom stereocenters. The zero-order valence-electron chi connectivity index (χ0n) is 10.1. The van der Waals surface area contributed by atoms with Crippen molar-refractivity contribution in [3.63, 3.8) is 0 Å². The SMILES string of the molecule is C.CC(C)=O.CC(C)C(=O)O.I.[CH2-]CC.[V]. The number of halogens is 1. The molecule has 0 spiro atoms. The maximum atomic E-state index is 9.70. The summed E-state index contributed by atoms with van der Waals surface area (Å²) in [4.78, 5) is 19.1. The van der Waals surface area contributed by atoms with Crippen LogP contribution < -0.4 is 0 Å². The second-order valence-electron chi connectivity index (χ2n) is 2.90. The smallest absolute Gasteiger partial charge is 0.305 e. The van der Waals surface area contributed by atoms with Gasteiger partial charge in [0.05, 0.1) is 5.92 Å². The summed E-state index contributed by atoms with van der Waals surface area (Å²) in [6, 6.07) is 0. The van der Waals surface area contributed by atoms with Crippen LogP contribution in [0.5, 0.6) is 0 Å². The summed E-state index contributed by atoms with van der Waals surface area (Å²) < 4.78 is 0. The van der Waals surface area contributed by atoms with E-state index in [2.05, 4.69) is 6.92 Å². The summed E-state index contributed by atoms with van der Waals surface area (Å²) >= 11 is 0. The summed E-state index contributed by atoms with van der Waals surface area (Å²) in [6.45, 7) is 11.8. The van der Waals surface area contributed by atoms with E-state index in [9.17, 15) is 9.59 Å². The van der Waals surface area contributed by atoms with Crippen LogP contribution in [-0.4, -0.2) is 16.9 Å². The van der Waals surface area contributed by atoms with Gasteiger partial charge in [0.1, 0.15) is 5.78 Å². The summed E-state index contributed by atoms with van der Waals surface area (Å²) in [5.41, 5.74) is 0. The normalized spacial score (nSPS) is 6.19. The zero-order chi connectivity index (χ0) is 11.4. The van der Waals surface area contributed by atoms with Crippen LogP contribution in [0.2, 0.25) is 0 Å². The van der Waals surface area contributed by atoms with Crippen molar-refractivity contribution in [2.75, 3.05) is 0 Å². The first-order chi connectivity index (χ1) is 5.79. The van der Waals surface area contributed by atoms with Gasteiger partial charge in [0, 0.05) is 18.6 Å². The third-order valence-electron chi connectivity index (χ3n) is 0.494. The molecule has 0 unspecified atom stereocenters. The van der Waals surface area contributed by atoms with Crippen LogP contribution in [0.3, 0.4) is 0 Å². The maximum Gasteiger partial charge on any atom is 0.305 e. The Bertz CT molecular complexity index is 135. The predicted octanol–water partition coefficient (Wildman–Crippen LogP) is 3.80. The standard InChI is InChI=1S/C4H8O2.C3H6O.C3H7.CH4.HI.V/c1-3(2)4(5)6;1-3(2)4;1-3-2;;;/h3H,1-2H3,(H,5,6);1-2H3;1,3H2,2H3;1H4;1H;/q;;-1;;;. The minimum atomic E-state index is -0.741. The molecule has 0 bridgehead atoms. The Balaban J connectivity index is -0.0000000226. The van der Waals surface area contributed by atoms with Gasteiger partial charge in [-0.25, -0.2) is 0 Å². The Hall–Kier alpha value is 0.454. The van der Waals surface area contributed by atoms with Crippen molar-refractivity contribution >= 4 is 35.7 Å². The van der Waals surface area contributed by atoms with E-state index in [4.69, 9.17) is 5.11 Å². The number of carboxylic acids is 1. The molecule has 1 N–H and O–H groups in total. The molecule has 0 rings (SSSR count). The van der Waals surface area contributed by atoms with E-state index in [-0.39, 0.29) is 61.7 Å². The van der Waals surface area contributed by atoms with E-state index in [1.54, 1.807) is 13.8 Å². The van der Waals surface area contributed by atoms with Crippen molar-refractivity contribution in [3.8, 4) is 0 Å². The van der Waals surface area contributed by atoms with E-state index in [0.717, 1.165) is 6.42 Å². The molecular weight excluding hydrogens is 358 g/mol. The summed E-state index contributed by atoms with van der Waals surface area (Å²) in [7, 11) is 0. The second kappa shape index (κ2) is 29.5. The van der Waals surface area contributed by atoms with Crippen LogP contribution in [0, 0.1) is 12.8 Å². The molecule has 101 valence electrons. The molecule has 0 saturated carbocycles. The van der Waals surface area contributed by atoms with Crippen molar-refractivity contribution in [3.05, 3.63) is 6.92 Å². The Labute approximate surface area is 130 Å². The fraction of sp³-hybridized carbons (Fsp3) is 0.727. The van der Waals surface area contributed by atoms with Crippen molar-refractivity contribution in [1.29, 1.82) is 0 Å². The molecule has 0 saturated heterocycles. The molecule has 0 fully saturated rings. The van der Waals surface area contributed by atoms with Gasteiger partial charge in [-0.1, -0.05) is 28.2 Å². The molecular formula is C11H26IO3V-. The van der Waals surface area contributed by atoms with Crippen molar-refractivity contribution in [2.45, 2.75) is 48.5 Å². The van der Waals surface area contributed by atoms with Gasteiger partial charge >= 0.3 is 5.97 Å². The van der Waals surface area contributed by atoms with E-state index in [1.807, 2.05) is 6.92 Å². The Kier molecular flexibility index (Phi) is 66.4. The first-order valence-corrected chi connectivity index (χ1v) is 4.28. The van der Waals surface area contributed by atoms with Crippen LogP contribution in [-0.2, 0) is 28.1 Å². The third kappa shape index (κ3) is 132. The number of carbonyl (C=O) groups excluding carboxylic acids is 1. The molecule has 5 heteroatoms. The number of aliphatic carboxylic acids is 1. The molecule has 0 aromatic carbocycles. The minimum absolute atomic E-state index is 0. The van der Waals surface area contributed by atoms with Gasteiger partial charge in [0.15, 0.2) is 0 Å². The van der Waals surface area contributed by atoms with Crippen LogP contribution in [0.25, 0.3) is 0 Å². The molecule has 0 aliphatic heterocycles. The quantitative estimate of drug-likeness (QED) is 0.553. The largest absolute Gasteiger partial charge is 0.481 e. The summed E-state index contributed by atoms with van der Waals surface area (Å²) in [6.07, 6.45) is 1.00. The van der Waals surface area contributed by atoms with Gasteiger partial charge in [-0.15, -0.1) is 24.0 Å². The summed E-state index contributed by atoms with van der Waals surface area (Å²) in [5.74, 6) is -0.806. The zero-order valence-corrected chi connectivity index (χ0v) is 13.8. The maximum absolute atomic E-state index is 9.70. The van der Waals surface area contributed by atoms with Gasteiger partial charge in [-0.2, -0.15) is 6.42 Å². The molecule has 0 amide bonds. The predicted molar refractivity (Wildman–Crippen MR) is 76.6 cm³/mol. The molecule has 0 aliphatic carbocycles. The Morgan fingerprint density at radius 2 is 1.31 bits per heavy atom. The molecule has 0 aliphatic rings. The van der Waals surface area contributed by atoms with E-state index < -0.39 is 5.97 Å². The number of carbonyl (C=O) groups is 2. The molecule has 0 aromatic rings. The third-order valence-corrected chi connectivity index (χ3v) is 0.494. The number of Topliss-reactive ketones (excluding diaryl/α,β-unsaturated/α-hetero) is 1. The van der Waals surface area contributed by atoms with Crippen molar-refractivity contribution < 1.29 is 33.3 Å². The average Bonchev–Trinajstić information content (AvgIpc) is 1.87. The summed E-state index contributed by atoms with van der Waals surface area (Å²) in [5, 5.41) is 7.99. The van der Waals surface area contributed by atoms with Gasteiger partial charge in [0.2, 0.25) is 0 Å². The fourth-order valence-corrected chi connectivity index (χ4v) is 0. The number of hydrogen-bond donors (Lipinski definition) is 1. The topological polar surface area (TPSA) is 54.4 Å². The van der Waals surface area contributed by atoms with E-state index in [1.165, 1.54) is 13.8 Å². The van der Waals surface area contributed by atoms with Crippen LogP contribution in [0.1, 0.15) is 48.5 Å². The number of hydrogen-bond acceptors (Lipinski definition) is 2. The van der Waals surface area contributed by atoms with Crippen LogP contribution in [0.4, 0.5) is 0 Å². The Morgan fingerprint density at radius 1 is 1.25 bits per heavy atom. The Morgan fingerprint density at radius 3 is 1.31 bits per heavy atom. The van der Waals surface area contributed by atoms with Crippen molar-refractivity contribution in [1.82, 2.24) is 0 Å². The minimum Gasteiger partial charge on any atom is -0.481 e. The van der Waals surface area contributed by atoms with Crippen LogP contribution >= 0.6 is 24.0 Å². The monoisotopic (exact) mass is 384 g/mol. The van der Waals surface area contributed by atoms with Gasteiger partial charge in [0.25, 0.3) is 0 Å². The fourth-order valence-electron chi connectivity index (χ4n) is 0. The van der Waals surface area contributed by atoms with Crippen molar-refractivity contribution in [2.24, 2.45) is 5.92 Å². The van der Waals surface area contributed by atoms with Crippen LogP contribution in [0.15, 0.2) is 0 Å².